The summed E-state index contributed by atoms with van der Waals surface area (Å²) in [6.07, 6.45) is 14.7. The van der Waals surface area contributed by atoms with Gasteiger partial charge in [-0.1, -0.05) is 42.3 Å². The standard InChI is InChI=1S/C18H23N3O2.C15H16ClN3O2.C12H12ClN3O2/c1-2-13-3-9-16(10-4-13)23-17-11-19-12-20-18(17)21-14-5-7-15(22)8-6-14;16-12-1-3-13(4-2-12)21-14-7-17-9-19-15(14)18-6-10-5-11(10)8-20;13-9-1-3-10(4-2-9)18-11-7-14-8-16-12(11)15-5-6-17/h3-4,9-12,14-15,22H,2,5-8H2,1H3,(H,19,20,21);1-4,7,9-11,20H,5-6,8H2,(H,17,18,19);1-4,7-8,17H,5-6H2,(H,14,15,16)/t;10-,11-;/m.0./s1. The second kappa shape index (κ2) is 24.0. The number of nitrogens with one attached hydrogen (secondary N) is 3. The van der Waals surface area contributed by atoms with Gasteiger partial charge in [0.25, 0.3) is 0 Å². The third kappa shape index (κ3) is 14.7. The van der Waals surface area contributed by atoms with Crippen LogP contribution in [0.3, 0.4) is 0 Å². The van der Waals surface area contributed by atoms with E-state index >= 15 is 0 Å². The predicted molar refractivity (Wildman–Crippen MR) is 240 cm³/mol. The highest BCUT2D eigenvalue weighted by atomic mass is 35.5. The molecule has 326 valence electrons. The number of aliphatic hydroxyl groups is 3. The Kier molecular flexibility index (Phi) is 17.7. The van der Waals surface area contributed by atoms with E-state index in [-0.39, 0.29) is 19.3 Å². The van der Waals surface area contributed by atoms with Crippen LogP contribution in [-0.2, 0) is 6.42 Å². The molecule has 15 nitrogen and oxygen atoms in total. The van der Waals surface area contributed by atoms with Crippen molar-refractivity contribution in [2.24, 2.45) is 11.8 Å². The third-order valence-electron chi connectivity index (χ3n) is 9.96. The molecule has 0 amide bonds. The molecule has 0 saturated heterocycles. The Hall–Kier alpha value is -5.84. The van der Waals surface area contributed by atoms with Gasteiger partial charge in [-0.15, -0.1) is 0 Å². The van der Waals surface area contributed by atoms with Gasteiger partial charge in [0.2, 0.25) is 0 Å². The van der Waals surface area contributed by atoms with Gasteiger partial charge in [0.05, 0.1) is 31.3 Å². The van der Waals surface area contributed by atoms with Crippen LogP contribution in [0.2, 0.25) is 10.0 Å². The monoisotopic (exact) mass is 883 g/mol. The number of nitrogens with zero attached hydrogens (tertiary/aromatic N) is 6. The van der Waals surface area contributed by atoms with Crippen LogP contribution in [-0.4, -0.2) is 83.7 Å². The molecule has 3 aromatic heterocycles. The summed E-state index contributed by atoms with van der Waals surface area (Å²) in [5.41, 5.74) is 1.28. The topological polar surface area (TPSA) is 202 Å². The van der Waals surface area contributed by atoms with Gasteiger partial charge >= 0.3 is 0 Å². The molecule has 0 unspecified atom stereocenters. The van der Waals surface area contributed by atoms with Crippen molar-refractivity contribution in [1.82, 2.24) is 29.9 Å². The molecule has 0 radical (unpaired) electrons. The van der Waals surface area contributed by atoms with Gasteiger partial charge in [-0.25, -0.2) is 29.9 Å². The van der Waals surface area contributed by atoms with E-state index in [1.165, 1.54) is 24.5 Å². The van der Waals surface area contributed by atoms with E-state index < -0.39 is 0 Å². The molecule has 3 aromatic carbocycles. The number of aryl methyl sites for hydroxylation is 1. The number of anilines is 3. The number of benzene rings is 3. The molecule has 0 bridgehead atoms. The molecule has 0 aliphatic heterocycles. The minimum Gasteiger partial charge on any atom is -0.452 e. The average molecular weight is 885 g/mol. The molecule has 0 spiro atoms. The molecule has 2 fully saturated rings. The minimum absolute atomic E-state index is 0.0182. The molecule has 8 rings (SSSR count). The fourth-order valence-corrected chi connectivity index (χ4v) is 6.58. The number of aromatic nitrogens is 6. The van der Waals surface area contributed by atoms with Crippen molar-refractivity contribution in [2.45, 2.75) is 57.6 Å². The largest absolute Gasteiger partial charge is 0.452 e. The molecule has 6 N–H and O–H groups in total. The molecule has 6 aromatic rings. The first-order valence-electron chi connectivity index (χ1n) is 20.5. The first-order chi connectivity index (χ1) is 30.3. The average Bonchev–Trinajstić information content (AvgIpc) is 4.08. The van der Waals surface area contributed by atoms with Gasteiger partial charge in [0.1, 0.15) is 36.2 Å². The van der Waals surface area contributed by atoms with Gasteiger partial charge in [0, 0.05) is 35.8 Å². The molecule has 2 saturated carbocycles. The highest BCUT2D eigenvalue weighted by Crippen LogP contribution is 2.38. The smallest absolute Gasteiger partial charge is 0.187 e. The lowest BCUT2D eigenvalue weighted by Gasteiger charge is -2.27. The maximum absolute atomic E-state index is 9.61. The summed E-state index contributed by atoms with van der Waals surface area (Å²) in [4.78, 5) is 24.5. The van der Waals surface area contributed by atoms with Crippen molar-refractivity contribution in [3.05, 3.63) is 126 Å². The summed E-state index contributed by atoms with van der Waals surface area (Å²) < 4.78 is 17.3. The van der Waals surface area contributed by atoms with Crippen LogP contribution in [0, 0.1) is 11.8 Å². The summed E-state index contributed by atoms with van der Waals surface area (Å²) in [5.74, 6) is 6.61. The SMILES string of the molecule is CCc1ccc(Oc2cncnc2NC2CCC(O)CC2)cc1.OCCNc1ncncc1Oc1ccc(Cl)cc1.OC[C@@H]1C[C@H]1CNc1ncncc1Oc1ccc(Cl)cc1. The van der Waals surface area contributed by atoms with Gasteiger partial charge in [-0.3, -0.25) is 0 Å². The Morgan fingerprint density at radius 3 is 1.55 bits per heavy atom. The summed E-state index contributed by atoms with van der Waals surface area (Å²) >= 11 is 11.6. The normalized spacial score (nSPS) is 17.5. The van der Waals surface area contributed by atoms with Crippen molar-refractivity contribution in [3.63, 3.8) is 0 Å². The number of ether oxygens (including phenoxy) is 3. The maximum Gasteiger partial charge on any atom is 0.187 e. The van der Waals surface area contributed by atoms with E-state index in [1.807, 2.05) is 12.1 Å². The number of rotatable bonds is 16. The van der Waals surface area contributed by atoms with Crippen molar-refractivity contribution in [2.75, 3.05) is 42.3 Å². The lowest BCUT2D eigenvalue weighted by molar-refractivity contribution is 0.126. The lowest BCUT2D eigenvalue weighted by Crippen LogP contribution is -2.28. The maximum atomic E-state index is 9.61. The van der Waals surface area contributed by atoms with Crippen molar-refractivity contribution in [3.8, 4) is 34.5 Å². The Morgan fingerprint density at radius 1 is 0.613 bits per heavy atom. The molecule has 2 aliphatic carbocycles. The van der Waals surface area contributed by atoms with Gasteiger partial charge in [-0.05, 0) is 117 Å². The third-order valence-corrected chi connectivity index (χ3v) is 10.5. The van der Waals surface area contributed by atoms with Crippen LogP contribution < -0.4 is 30.2 Å². The van der Waals surface area contributed by atoms with Crippen LogP contribution >= 0.6 is 23.2 Å². The molecule has 3 heterocycles. The Morgan fingerprint density at radius 2 is 1.08 bits per heavy atom. The number of hydrogen-bond acceptors (Lipinski definition) is 15. The summed E-state index contributed by atoms with van der Waals surface area (Å²) in [6.45, 7) is 3.58. The predicted octanol–water partition coefficient (Wildman–Crippen LogP) is 8.84. The van der Waals surface area contributed by atoms with E-state index in [0.29, 0.717) is 80.7 Å². The van der Waals surface area contributed by atoms with Crippen molar-refractivity contribution < 1.29 is 29.5 Å². The highest BCUT2D eigenvalue weighted by Gasteiger charge is 2.36. The minimum atomic E-state index is -0.161. The summed E-state index contributed by atoms with van der Waals surface area (Å²) in [7, 11) is 0. The van der Waals surface area contributed by atoms with E-state index in [9.17, 15) is 5.11 Å². The van der Waals surface area contributed by atoms with Crippen LogP contribution in [0.15, 0.2) is 110 Å². The zero-order chi connectivity index (χ0) is 43.5. The first kappa shape index (κ1) is 45.7. The van der Waals surface area contributed by atoms with E-state index in [4.69, 9.17) is 47.6 Å². The second-order valence-corrected chi connectivity index (χ2v) is 15.4. The molecule has 17 heteroatoms. The zero-order valence-corrected chi connectivity index (χ0v) is 35.8. The number of halogens is 2. The van der Waals surface area contributed by atoms with Crippen LogP contribution in [0.25, 0.3) is 0 Å². The van der Waals surface area contributed by atoms with Crippen LogP contribution in [0.1, 0.15) is 44.6 Å². The van der Waals surface area contributed by atoms with Crippen molar-refractivity contribution >= 4 is 40.7 Å². The highest BCUT2D eigenvalue weighted by molar-refractivity contribution is 6.30. The quantitative estimate of drug-likeness (QED) is 0.0538. The summed E-state index contributed by atoms with van der Waals surface area (Å²) in [5, 5.41) is 38.4. The molecular formula is C45H51Cl2N9O6. The van der Waals surface area contributed by atoms with Gasteiger partial charge < -0.3 is 45.5 Å². The molecule has 62 heavy (non-hydrogen) atoms. The van der Waals surface area contributed by atoms with Crippen molar-refractivity contribution in [1.29, 1.82) is 0 Å². The number of aliphatic hydroxyl groups excluding tert-OH is 3. The van der Waals surface area contributed by atoms with Gasteiger partial charge in [0.15, 0.2) is 34.7 Å². The fraction of sp³-hybridized carbons (Fsp3) is 0.333. The van der Waals surface area contributed by atoms with E-state index in [1.54, 1.807) is 67.1 Å². The fourth-order valence-electron chi connectivity index (χ4n) is 6.33. The van der Waals surface area contributed by atoms with Gasteiger partial charge in [-0.2, -0.15) is 0 Å². The Labute approximate surface area is 370 Å². The molecular weight excluding hydrogens is 833 g/mol. The second-order valence-electron chi connectivity index (χ2n) is 14.5. The lowest BCUT2D eigenvalue weighted by atomic mass is 9.93. The van der Waals surface area contributed by atoms with E-state index in [2.05, 4.69) is 64.9 Å². The van der Waals surface area contributed by atoms with E-state index in [0.717, 1.165) is 50.8 Å². The van der Waals surface area contributed by atoms with Crippen LogP contribution in [0.5, 0.6) is 34.5 Å². The molecule has 2 aliphatic rings. The summed E-state index contributed by atoms with van der Waals surface area (Å²) in [6, 6.07) is 22.5. The first-order valence-corrected chi connectivity index (χ1v) is 21.2. The number of hydrogen-bond donors (Lipinski definition) is 6. The zero-order valence-electron chi connectivity index (χ0n) is 34.3. The Balaban J connectivity index is 0.000000156. The van der Waals surface area contributed by atoms with Crippen LogP contribution in [0.4, 0.5) is 17.5 Å². The molecule has 2 atom stereocenters. The Bertz CT molecular complexity index is 2240.